The van der Waals surface area contributed by atoms with Gasteiger partial charge in [-0.15, -0.1) is 0 Å². The molecule has 0 radical (unpaired) electrons. The molecule has 1 saturated heterocycles. The standard InChI is InChI=1S/C16H9F3N2OS/c17-10-2-4-11(5-3-10)20-16-21-15(22)14(23-16)8-9-1-6-12(18)13(19)7-9/h1-8H,(H,20,21,22)/b14-8+. The molecule has 0 spiro atoms. The van der Waals surface area contributed by atoms with Gasteiger partial charge in [-0.05, 0) is 59.8 Å². The molecule has 23 heavy (non-hydrogen) atoms. The van der Waals surface area contributed by atoms with Gasteiger partial charge >= 0.3 is 0 Å². The minimum Gasteiger partial charge on any atom is -0.300 e. The van der Waals surface area contributed by atoms with Crippen molar-refractivity contribution in [3.05, 3.63) is 70.4 Å². The van der Waals surface area contributed by atoms with Crippen molar-refractivity contribution in [2.75, 3.05) is 0 Å². The molecule has 1 heterocycles. The highest BCUT2D eigenvalue weighted by Gasteiger charge is 2.23. The molecule has 1 fully saturated rings. The maximum absolute atomic E-state index is 13.2. The van der Waals surface area contributed by atoms with E-state index in [0.717, 1.165) is 23.9 Å². The molecule has 116 valence electrons. The molecule has 2 aromatic rings. The van der Waals surface area contributed by atoms with E-state index in [4.69, 9.17) is 0 Å². The molecule has 0 saturated carbocycles. The van der Waals surface area contributed by atoms with Gasteiger partial charge in [-0.1, -0.05) is 6.07 Å². The van der Waals surface area contributed by atoms with Crippen LogP contribution in [0.25, 0.3) is 6.08 Å². The molecular formula is C16H9F3N2OS. The fraction of sp³-hybridized carbons (Fsp3) is 0. The molecule has 2 aromatic carbocycles. The Labute approximate surface area is 133 Å². The first kappa shape index (κ1) is 15.4. The Kier molecular flexibility index (Phi) is 4.20. The first-order valence-corrected chi connectivity index (χ1v) is 7.33. The minimum absolute atomic E-state index is 0.303. The molecule has 0 bridgehead atoms. The SMILES string of the molecule is O=C1NC(=Nc2ccc(F)cc2)S/C1=C/c1ccc(F)c(F)c1. The highest BCUT2D eigenvalue weighted by Crippen LogP contribution is 2.28. The number of benzene rings is 2. The van der Waals surface area contributed by atoms with E-state index in [-0.39, 0.29) is 11.7 Å². The van der Waals surface area contributed by atoms with Crippen LogP contribution in [0.3, 0.4) is 0 Å². The Morgan fingerprint density at radius 2 is 1.74 bits per heavy atom. The van der Waals surface area contributed by atoms with Crippen LogP contribution in [0.5, 0.6) is 0 Å². The van der Waals surface area contributed by atoms with E-state index < -0.39 is 11.6 Å². The number of nitrogens with zero attached hydrogens (tertiary/aromatic N) is 1. The second kappa shape index (κ2) is 6.29. The van der Waals surface area contributed by atoms with E-state index in [0.29, 0.717) is 21.3 Å². The second-order valence-corrected chi connectivity index (χ2v) is 5.66. The number of aliphatic imine (C=N–C) groups is 1. The number of hydrogen-bond donors (Lipinski definition) is 1. The lowest BCUT2D eigenvalue weighted by Crippen LogP contribution is -2.19. The Bertz CT molecular complexity index is 832. The zero-order chi connectivity index (χ0) is 16.4. The number of amides is 1. The third-order valence-electron chi connectivity index (χ3n) is 2.95. The van der Waals surface area contributed by atoms with Gasteiger partial charge in [0.05, 0.1) is 10.6 Å². The van der Waals surface area contributed by atoms with E-state index in [1.807, 2.05) is 0 Å². The highest BCUT2D eigenvalue weighted by atomic mass is 32.2. The normalized spacial score (nSPS) is 17.8. The summed E-state index contributed by atoms with van der Waals surface area (Å²) in [4.78, 5) is 16.4. The Morgan fingerprint density at radius 1 is 1.00 bits per heavy atom. The van der Waals surface area contributed by atoms with Crippen molar-refractivity contribution in [2.24, 2.45) is 4.99 Å². The Balaban J connectivity index is 1.83. The third-order valence-corrected chi connectivity index (χ3v) is 3.86. The van der Waals surface area contributed by atoms with Crippen LogP contribution in [0.2, 0.25) is 0 Å². The lowest BCUT2D eigenvalue weighted by Gasteiger charge is -1.97. The summed E-state index contributed by atoms with van der Waals surface area (Å²) in [5, 5.41) is 2.89. The molecule has 7 heteroatoms. The molecule has 0 unspecified atom stereocenters. The van der Waals surface area contributed by atoms with E-state index in [9.17, 15) is 18.0 Å². The lowest BCUT2D eigenvalue weighted by atomic mass is 10.2. The molecule has 0 aromatic heterocycles. The van der Waals surface area contributed by atoms with Gasteiger partial charge in [-0.25, -0.2) is 18.2 Å². The van der Waals surface area contributed by atoms with Gasteiger partial charge in [0.15, 0.2) is 16.8 Å². The number of halogens is 3. The van der Waals surface area contributed by atoms with Crippen molar-refractivity contribution in [2.45, 2.75) is 0 Å². The maximum atomic E-state index is 13.2. The third kappa shape index (κ3) is 3.62. The van der Waals surface area contributed by atoms with Crippen LogP contribution >= 0.6 is 11.8 Å². The molecule has 1 N–H and O–H groups in total. The van der Waals surface area contributed by atoms with E-state index in [2.05, 4.69) is 10.3 Å². The van der Waals surface area contributed by atoms with Gasteiger partial charge in [0, 0.05) is 0 Å². The maximum Gasteiger partial charge on any atom is 0.264 e. The Morgan fingerprint density at radius 3 is 2.43 bits per heavy atom. The second-order valence-electron chi connectivity index (χ2n) is 4.63. The average Bonchev–Trinajstić information content (AvgIpc) is 2.85. The fourth-order valence-corrected chi connectivity index (χ4v) is 2.71. The molecule has 3 nitrogen and oxygen atoms in total. The summed E-state index contributed by atoms with van der Waals surface area (Å²) in [6.45, 7) is 0. The summed E-state index contributed by atoms with van der Waals surface area (Å²) in [5.74, 6) is -2.70. The number of hydrogen-bond acceptors (Lipinski definition) is 3. The number of amidine groups is 1. The summed E-state index contributed by atoms with van der Waals surface area (Å²) in [5.41, 5.74) is 0.854. The van der Waals surface area contributed by atoms with Crippen molar-refractivity contribution in [3.8, 4) is 0 Å². The molecular weight excluding hydrogens is 325 g/mol. The first-order chi connectivity index (χ1) is 11.0. The molecule has 3 rings (SSSR count). The molecule has 1 aliphatic rings. The van der Waals surface area contributed by atoms with E-state index in [1.165, 1.54) is 36.4 Å². The van der Waals surface area contributed by atoms with Crippen LogP contribution in [0.4, 0.5) is 18.9 Å². The summed E-state index contributed by atoms with van der Waals surface area (Å²) in [6.07, 6.45) is 1.44. The van der Waals surface area contributed by atoms with Crippen LogP contribution in [-0.2, 0) is 4.79 Å². The van der Waals surface area contributed by atoms with Crippen molar-refractivity contribution in [1.82, 2.24) is 5.32 Å². The van der Waals surface area contributed by atoms with Crippen molar-refractivity contribution in [3.63, 3.8) is 0 Å². The predicted molar refractivity (Wildman–Crippen MR) is 83.6 cm³/mol. The lowest BCUT2D eigenvalue weighted by molar-refractivity contribution is -0.115. The average molecular weight is 334 g/mol. The summed E-state index contributed by atoms with van der Waals surface area (Å²) in [7, 11) is 0. The van der Waals surface area contributed by atoms with E-state index >= 15 is 0 Å². The summed E-state index contributed by atoms with van der Waals surface area (Å²) >= 11 is 1.06. The quantitative estimate of drug-likeness (QED) is 0.844. The molecule has 1 aliphatic heterocycles. The molecule has 0 atom stereocenters. The smallest absolute Gasteiger partial charge is 0.264 e. The monoisotopic (exact) mass is 334 g/mol. The van der Waals surface area contributed by atoms with Crippen LogP contribution < -0.4 is 5.32 Å². The van der Waals surface area contributed by atoms with Crippen molar-refractivity contribution >= 4 is 34.6 Å². The van der Waals surface area contributed by atoms with Crippen LogP contribution in [0.15, 0.2) is 52.4 Å². The number of carbonyl (C=O) groups excluding carboxylic acids is 1. The minimum atomic E-state index is -0.983. The van der Waals surface area contributed by atoms with Crippen molar-refractivity contribution < 1.29 is 18.0 Å². The largest absolute Gasteiger partial charge is 0.300 e. The highest BCUT2D eigenvalue weighted by molar-refractivity contribution is 8.18. The topological polar surface area (TPSA) is 41.5 Å². The van der Waals surface area contributed by atoms with Crippen LogP contribution in [-0.4, -0.2) is 11.1 Å². The number of rotatable bonds is 2. The fourth-order valence-electron chi connectivity index (χ4n) is 1.87. The van der Waals surface area contributed by atoms with Gasteiger partial charge in [-0.2, -0.15) is 0 Å². The van der Waals surface area contributed by atoms with Gasteiger partial charge in [0.2, 0.25) is 0 Å². The zero-order valence-electron chi connectivity index (χ0n) is 11.5. The Hall–Kier alpha value is -2.54. The summed E-state index contributed by atoms with van der Waals surface area (Å²) < 4.78 is 38.9. The number of thioether (sulfide) groups is 1. The zero-order valence-corrected chi connectivity index (χ0v) is 12.3. The van der Waals surface area contributed by atoms with Crippen molar-refractivity contribution in [1.29, 1.82) is 0 Å². The molecule has 1 amide bonds. The predicted octanol–water partition coefficient (Wildman–Crippen LogP) is 4.00. The van der Waals surface area contributed by atoms with Gasteiger partial charge in [-0.3, -0.25) is 4.79 Å². The van der Waals surface area contributed by atoms with E-state index in [1.54, 1.807) is 0 Å². The van der Waals surface area contributed by atoms with Crippen LogP contribution in [0.1, 0.15) is 5.56 Å². The van der Waals surface area contributed by atoms with Gasteiger partial charge < -0.3 is 5.32 Å². The number of carbonyl (C=O) groups is 1. The summed E-state index contributed by atoms with van der Waals surface area (Å²) in [6, 6.07) is 8.85. The molecule has 0 aliphatic carbocycles. The van der Waals surface area contributed by atoms with Crippen LogP contribution in [0, 0.1) is 17.5 Å². The van der Waals surface area contributed by atoms with Gasteiger partial charge in [0.1, 0.15) is 5.82 Å². The van der Waals surface area contributed by atoms with Gasteiger partial charge in [0.25, 0.3) is 5.91 Å². The number of nitrogens with one attached hydrogen (secondary N) is 1. The first-order valence-electron chi connectivity index (χ1n) is 6.51.